The summed E-state index contributed by atoms with van der Waals surface area (Å²) in [6, 6.07) is 22.5. The molecule has 1 unspecified atom stereocenters. The van der Waals surface area contributed by atoms with Gasteiger partial charge in [-0.25, -0.2) is 0 Å². The first-order valence-corrected chi connectivity index (χ1v) is 11.9. The third-order valence-electron chi connectivity index (χ3n) is 6.62. The van der Waals surface area contributed by atoms with E-state index in [9.17, 15) is 0 Å². The number of aryl methyl sites for hydroxylation is 1. The zero-order valence-electron chi connectivity index (χ0n) is 19.9. The fourth-order valence-electron chi connectivity index (χ4n) is 4.68. The van der Waals surface area contributed by atoms with Gasteiger partial charge in [0.2, 0.25) is 6.79 Å². The van der Waals surface area contributed by atoms with Gasteiger partial charge in [0.05, 0.1) is 7.11 Å². The molecule has 5 rings (SSSR count). The Labute approximate surface area is 201 Å². The molecule has 2 aliphatic heterocycles. The van der Waals surface area contributed by atoms with Crippen molar-refractivity contribution in [1.29, 1.82) is 0 Å². The van der Waals surface area contributed by atoms with E-state index in [4.69, 9.17) is 18.9 Å². The van der Waals surface area contributed by atoms with Crippen LogP contribution in [0.2, 0.25) is 0 Å². The molecule has 1 atom stereocenters. The molecule has 0 amide bonds. The molecule has 0 saturated carbocycles. The minimum Gasteiger partial charge on any atom is -0.497 e. The Bertz CT molecular complexity index is 1110. The van der Waals surface area contributed by atoms with Gasteiger partial charge in [-0.3, -0.25) is 4.90 Å². The molecule has 6 heteroatoms. The van der Waals surface area contributed by atoms with E-state index in [1.165, 1.54) is 11.3 Å². The summed E-state index contributed by atoms with van der Waals surface area (Å²) in [5.41, 5.74) is 3.78. The van der Waals surface area contributed by atoms with Crippen molar-refractivity contribution in [1.82, 2.24) is 4.90 Å². The molecule has 0 aliphatic carbocycles. The molecule has 6 nitrogen and oxygen atoms in total. The molecule has 1 fully saturated rings. The Kier molecular flexibility index (Phi) is 6.77. The lowest BCUT2D eigenvalue weighted by atomic mass is 10.0. The van der Waals surface area contributed by atoms with Crippen molar-refractivity contribution >= 4 is 5.69 Å². The van der Waals surface area contributed by atoms with Crippen molar-refractivity contribution in [3.63, 3.8) is 0 Å². The van der Waals surface area contributed by atoms with Crippen LogP contribution in [0.4, 0.5) is 5.69 Å². The standard InChI is InChI=1S/C28H32N2O4/c1-21-6-3-4-9-25(21)30-16-14-29(15-17-30)13-12-26(34-24-8-5-7-23(19-24)31-2)22-10-11-27-28(18-22)33-20-32-27/h3-11,18-19,26H,12-17,20H2,1-2H3. The molecule has 2 heterocycles. The maximum absolute atomic E-state index is 6.49. The zero-order valence-corrected chi connectivity index (χ0v) is 19.9. The molecule has 3 aromatic carbocycles. The molecule has 178 valence electrons. The highest BCUT2D eigenvalue weighted by Gasteiger charge is 2.23. The van der Waals surface area contributed by atoms with Gasteiger partial charge in [0, 0.05) is 50.9 Å². The summed E-state index contributed by atoms with van der Waals surface area (Å²) in [6.45, 7) is 7.58. The van der Waals surface area contributed by atoms with Crippen LogP contribution in [0, 0.1) is 6.92 Å². The van der Waals surface area contributed by atoms with Crippen molar-refractivity contribution < 1.29 is 18.9 Å². The molecule has 0 spiro atoms. The van der Waals surface area contributed by atoms with E-state index in [1.54, 1.807) is 7.11 Å². The van der Waals surface area contributed by atoms with Crippen molar-refractivity contribution in [2.75, 3.05) is 51.5 Å². The molecular weight excluding hydrogens is 428 g/mol. The first kappa shape index (κ1) is 22.4. The number of rotatable bonds is 8. The lowest BCUT2D eigenvalue weighted by Crippen LogP contribution is -2.47. The predicted molar refractivity (Wildman–Crippen MR) is 133 cm³/mol. The minimum atomic E-state index is -0.101. The Hall–Kier alpha value is -3.38. The van der Waals surface area contributed by atoms with Gasteiger partial charge in [0.1, 0.15) is 17.6 Å². The van der Waals surface area contributed by atoms with Crippen LogP contribution in [0.1, 0.15) is 23.7 Å². The fourth-order valence-corrected chi connectivity index (χ4v) is 4.68. The van der Waals surface area contributed by atoms with E-state index < -0.39 is 0 Å². The van der Waals surface area contributed by atoms with Gasteiger partial charge < -0.3 is 23.8 Å². The van der Waals surface area contributed by atoms with Crippen LogP contribution in [0.3, 0.4) is 0 Å². The first-order valence-electron chi connectivity index (χ1n) is 11.9. The summed E-state index contributed by atoms with van der Waals surface area (Å²) in [6.07, 6.45) is 0.775. The number of fused-ring (bicyclic) bond motifs is 1. The van der Waals surface area contributed by atoms with Crippen molar-refractivity contribution in [2.45, 2.75) is 19.4 Å². The second-order valence-electron chi connectivity index (χ2n) is 8.80. The Morgan fingerprint density at radius 2 is 1.65 bits per heavy atom. The van der Waals surface area contributed by atoms with Gasteiger partial charge in [-0.1, -0.05) is 30.3 Å². The number of benzene rings is 3. The molecule has 0 N–H and O–H groups in total. The molecule has 3 aromatic rings. The SMILES string of the molecule is COc1cccc(OC(CCN2CCN(c3ccccc3C)CC2)c2ccc3c(c2)OCO3)c1. The van der Waals surface area contributed by atoms with E-state index in [2.05, 4.69) is 47.1 Å². The van der Waals surface area contributed by atoms with Crippen LogP contribution in [0.25, 0.3) is 0 Å². The van der Waals surface area contributed by atoms with E-state index >= 15 is 0 Å². The number of hydrogen-bond acceptors (Lipinski definition) is 6. The van der Waals surface area contributed by atoms with Gasteiger partial charge in [-0.15, -0.1) is 0 Å². The van der Waals surface area contributed by atoms with Gasteiger partial charge >= 0.3 is 0 Å². The largest absolute Gasteiger partial charge is 0.497 e. The topological polar surface area (TPSA) is 43.4 Å². The number of hydrogen-bond donors (Lipinski definition) is 0. The number of nitrogens with zero attached hydrogens (tertiary/aromatic N) is 2. The summed E-state index contributed by atoms with van der Waals surface area (Å²) in [4.78, 5) is 5.03. The number of piperazine rings is 1. The first-order chi connectivity index (χ1) is 16.7. The minimum absolute atomic E-state index is 0.101. The quantitative estimate of drug-likeness (QED) is 0.468. The molecular formula is C28H32N2O4. The second-order valence-corrected chi connectivity index (χ2v) is 8.80. The Morgan fingerprint density at radius 3 is 2.47 bits per heavy atom. The summed E-state index contributed by atoms with van der Waals surface area (Å²) in [5.74, 6) is 3.15. The van der Waals surface area contributed by atoms with Crippen molar-refractivity contribution in [3.8, 4) is 23.0 Å². The van der Waals surface area contributed by atoms with Crippen molar-refractivity contribution in [2.24, 2.45) is 0 Å². The number of anilines is 1. The summed E-state index contributed by atoms with van der Waals surface area (Å²) < 4.78 is 23.0. The summed E-state index contributed by atoms with van der Waals surface area (Å²) in [5, 5.41) is 0. The highest BCUT2D eigenvalue weighted by Crippen LogP contribution is 2.36. The normalized spacial score (nSPS) is 16.4. The van der Waals surface area contributed by atoms with Gasteiger partial charge in [-0.05, 0) is 48.4 Å². The summed E-state index contributed by atoms with van der Waals surface area (Å²) >= 11 is 0. The smallest absolute Gasteiger partial charge is 0.231 e. The molecule has 0 bridgehead atoms. The third kappa shape index (κ3) is 5.07. The maximum Gasteiger partial charge on any atom is 0.231 e. The Balaban J connectivity index is 1.26. The van der Waals surface area contributed by atoms with Crippen LogP contribution in [-0.2, 0) is 0 Å². The predicted octanol–water partition coefficient (Wildman–Crippen LogP) is 5.06. The molecule has 0 radical (unpaired) electrons. The van der Waals surface area contributed by atoms with Crippen molar-refractivity contribution in [3.05, 3.63) is 77.9 Å². The second kappa shape index (κ2) is 10.3. The highest BCUT2D eigenvalue weighted by molar-refractivity contribution is 5.53. The maximum atomic E-state index is 6.49. The average Bonchev–Trinajstić information content (AvgIpc) is 3.35. The third-order valence-corrected chi connectivity index (χ3v) is 6.62. The van der Waals surface area contributed by atoms with Crippen LogP contribution in [-0.4, -0.2) is 51.5 Å². The van der Waals surface area contributed by atoms with E-state index in [-0.39, 0.29) is 12.9 Å². The molecule has 34 heavy (non-hydrogen) atoms. The number of para-hydroxylation sites is 1. The van der Waals surface area contributed by atoms with Crippen LogP contribution in [0.15, 0.2) is 66.7 Å². The molecule has 2 aliphatic rings. The van der Waals surface area contributed by atoms with E-state index in [0.29, 0.717) is 0 Å². The summed E-state index contributed by atoms with van der Waals surface area (Å²) in [7, 11) is 1.67. The van der Waals surface area contributed by atoms with E-state index in [0.717, 1.165) is 67.7 Å². The lowest BCUT2D eigenvalue weighted by Gasteiger charge is -2.37. The lowest BCUT2D eigenvalue weighted by molar-refractivity contribution is 0.159. The molecule has 0 aromatic heterocycles. The zero-order chi connectivity index (χ0) is 23.3. The number of ether oxygens (including phenoxy) is 4. The van der Waals surface area contributed by atoms with Gasteiger partial charge in [0.25, 0.3) is 0 Å². The van der Waals surface area contributed by atoms with Crippen LogP contribution in [0.5, 0.6) is 23.0 Å². The van der Waals surface area contributed by atoms with Gasteiger partial charge in [0.15, 0.2) is 11.5 Å². The van der Waals surface area contributed by atoms with Crippen LogP contribution < -0.4 is 23.8 Å². The van der Waals surface area contributed by atoms with Crippen LogP contribution >= 0.6 is 0 Å². The van der Waals surface area contributed by atoms with Gasteiger partial charge in [-0.2, -0.15) is 0 Å². The average molecular weight is 461 g/mol. The monoisotopic (exact) mass is 460 g/mol. The fraction of sp³-hybridized carbons (Fsp3) is 0.357. The van der Waals surface area contributed by atoms with E-state index in [1.807, 2.05) is 36.4 Å². The highest BCUT2D eigenvalue weighted by atomic mass is 16.7. The Morgan fingerprint density at radius 1 is 0.853 bits per heavy atom. The number of methoxy groups -OCH3 is 1. The molecule has 1 saturated heterocycles.